The summed E-state index contributed by atoms with van der Waals surface area (Å²) in [6.45, 7) is 2.50. The molecule has 102 valence electrons. The maximum atomic E-state index is 11.9. The van der Waals surface area contributed by atoms with Gasteiger partial charge >= 0.3 is 0 Å². The van der Waals surface area contributed by atoms with Gasteiger partial charge in [0.05, 0.1) is 0 Å². The lowest BCUT2D eigenvalue weighted by Gasteiger charge is -2.23. The van der Waals surface area contributed by atoms with Gasteiger partial charge in [-0.2, -0.15) is 0 Å². The van der Waals surface area contributed by atoms with E-state index in [9.17, 15) is 9.59 Å². The van der Waals surface area contributed by atoms with Gasteiger partial charge < -0.3 is 10.1 Å². The molecule has 0 aromatic heterocycles. The standard InChI is InChI=1S/C14H23NO3/c16-13-3-1-12(2-4-13)14(17)15-8-5-11-6-9-18-10-7-11/h11-12H,1-10H2,(H,15,17). The molecule has 0 aromatic rings. The summed E-state index contributed by atoms with van der Waals surface area (Å²) < 4.78 is 5.31. The van der Waals surface area contributed by atoms with Crippen molar-refractivity contribution in [3.63, 3.8) is 0 Å². The van der Waals surface area contributed by atoms with Crippen molar-refractivity contribution in [1.29, 1.82) is 0 Å². The van der Waals surface area contributed by atoms with E-state index in [0.29, 0.717) is 24.5 Å². The van der Waals surface area contributed by atoms with Gasteiger partial charge in [0, 0.05) is 38.5 Å². The average Bonchev–Trinajstić information content (AvgIpc) is 2.40. The van der Waals surface area contributed by atoms with Gasteiger partial charge in [-0.15, -0.1) is 0 Å². The minimum atomic E-state index is 0.0670. The second kappa shape index (κ2) is 6.88. The molecule has 0 atom stereocenters. The fourth-order valence-electron chi connectivity index (χ4n) is 2.78. The van der Waals surface area contributed by atoms with Gasteiger partial charge in [0.25, 0.3) is 0 Å². The molecule has 0 spiro atoms. The highest BCUT2D eigenvalue weighted by molar-refractivity contribution is 5.84. The molecule has 1 N–H and O–H groups in total. The predicted molar refractivity (Wildman–Crippen MR) is 68.1 cm³/mol. The number of nitrogens with one attached hydrogen (secondary N) is 1. The van der Waals surface area contributed by atoms with Crippen molar-refractivity contribution in [3.05, 3.63) is 0 Å². The van der Waals surface area contributed by atoms with Crippen LogP contribution in [0.5, 0.6) is 0 Å². The van der Waals surface area contributed by atoms with Crippen LogP contribution in [-0.4, -0.2) is 31.4 Å². The summed E-state index contributed by atoms with van der Waals surface area (Å²) >= 11 is 0. The molecule has 1 saturated heterocycles. The van der Waals surface area contributed by atoms with E-state index < -0.39 is 0 Å². The number of amides is 1. The van der Waals surface area contributed by atoms with E-state index in [1.165, 1.54) is 0 Å². The summed E-state index contributed by atoms with van der Waals surface area (Å²) in [4.78, 5) is 23.0. The summed E-state index contributed by atoms with van der Waals surface area (Å²) in [6.07, 6.45) is 5.93. The molecule has 2 aliphatic rings. The van der Waals surface area contributed by atoms with E-state index in [1.807, 2.05) is 0 Å². The Hall–Kier alpha value is -0.900. The number of Topliss-reactive ketones (excluding diaryl/α,β-unsaturated/α-hetero) is 1. The number of carbonyl (C=O) groups excluding carboxylic acids is 2. The third kappa shape index (κ3) is 4.09. The number of rotatable bonds is 4. The van der Waals surface area contributed by atoms with E-state index in [4.69, 9.17) is 4.74 Å². The van der Waals surface area contributed by atoms with Crippen LogP contribution < -0.4 is 5.32 Å². The fraction of sp³-hybridized carbons (Fsp3) is 0.857. The zero-order chi connectivity index (χ0) is 12.8. The van der Waals surface area contributed by atoms with E-state index in [0.717, 1.165) is 51.9 Å². The predicted octanol–water partition coefficient (Wildman–Crippen LogP) is 1.68. The Kier molecular flexibility index (Phi) is 5.17. The quantitative estimate of drug-likeness (QED) is 0.829. The molecule has 4 nitrogen and oxygen atoms in total. The second-order valence-electron chi connectivity index (χ2n) is 5.45. The molecule has 2 fully saturated rings. The maximum absolute atomic E-state index is 11.9. The normalized spacial score (nSPS) is 23.0. The van der Waals surface area contributed by atoms with Crippen LogP contribution in [0.2, 0.25) is 0 Å². The maximum Gasteiger partial charge on any atom is 0.223 e. The number of ketones is 1. The van der Waals surface area contributed by atoms with Gasteiger partial charge in [0.2, 0.25) is 5.91 Å². The number of hydrogen-bond acceptors (Lipinski definition) is 3. The monoisotopic (exact) mass is 253 g/mol. The third-order valence-electron chi connectivity index (χ3n) is 4.11. The molecule has 0 bridgehead atoms. The zero-order valence-electron chi connectivity index (χ0n) is 11.0. The van der Waals surface area contributed by atoms with Crippen LogP contribution in [0.25, 0.3) is 0 Å². The molecular formula is C14H23NO3. The van der Waals surface area contributed by atoms with Crippen LogP contribution >= 0.6 is 0 Å². The first-order chi connectivity index (χ1) is 8.75. The van der Waals surface area contributed by atoms with Crippen molar-refractivity contribution in [2.75, 3.05) is 19.8 Å². The Morgan fingerprint density at radius 1 is 1.17 bits per heavy atom. The summed E-state index contributed by atoms with van der Waals surface area (Å²) in [5, 5.41) is 3.02. The van der Waals surface area contributed by atoms with Crippen molar-refractivity contribution >= 4 is 11.7 Å². The van der Waals surface area contributed by atoms with E-state index in [-0.39, 0.29) is 11.8 Å². The fourth-order valence-corrected chi connectivity index (χ4v) is 2.78. The topological polar surface area (TPSA) is 55.4 Å². The molecule has 1 aliphatic heterocycles. The minimum Gasteiger partial charge on any atom is -0.381 e. The van der Waals surface area contributed by atoms with Gasteiger partial charge in [0.15, 0.2) is 0 Å². The number of hydrogen-bond donors (Lipinski definition) is 1. The van der Waals surface area contributed by atoms with Crippen molar-refractivity contribution in [2.45, 2.75) is 44.9 Å². The largest absolute Gasteiger partial charge is 0.381 e. The van der Waals surface area contributed by atoms with Crippen LogP contribution in [0.15, 0.2) is 0 Å². The van der Waals surface area contributed by atoms with Crippen LogP contribution in [-0.2, 0) is 14.3 Å². The van der Waals surface area contributed by atoms with E-state index in [2.05, 4.69) is 5.32 Å². The molecule has 0 unspecified atom stereocenters. The third-order valence-corrected chi connectivity index (χ3v) is 4.11. The van der Waals surface area contributed by atoms with Gasteiger partial charge in [-0.1, -0.05) is 0 Å². The number of carbonyl (C=O) groups is 2. The lowest BCUT2D eigenvalue weighted by molar-refractivity contribution is -0.128. The van der Waals surface area contributed by atoms with Crippen LogP contribution in [0.3, 0.4) is 0 Å². The smallest absolute Gasteiger partial charge is 0.223 e. The summed E-state index contributed by atoms with van der Waals surface area (Å²) in [5.41, 5.74) is 0. The molecule has 2 rings (SSSR count). The van der Waals surface area contributed by atoms with Crippen molar-refractivity contribution < 1.29 is 14.3 Å². The molecule has 1 saturated carbocycles. The van der Waals surface area contributed by atoms with E-state index >= 15 is 0 Å². The molecule has 0 aromatic carbocycles. The van der Waals surface area contributed by atoms with Crippen molar-refractivity contribution in [1.82, 2.24) is 5.32 Å². The average molecular weight is 253 g/mol. The van der Waals surface area contributed by atoms with Crippen LogP contribution in [0, 0.1) is 11.8 Å². The van der Waals surface area contributed by atoms with E-state index in [1.54, 1.807) is 0 Å². The Morgan fingerprint density at radius 2 is 1.83 bits per heavy atom. The van der Waals surface area contributed by atoms with Gasteiger partial charge in [-0.05, 0) is 38.0 Å². The molecular weight excluding hydrogens is 230 g/mol. The van der Waals surface area contributed by atoms with Gasteiger partial charge in [-0.3, -0.25) is 9.59 Å². The number of ether oxygens (including phenoxy) is 1. The summed E-state index contributed by atoms with van der Waals surface area (Å²) in [5.74, 6) is 1.22. The summed E-state index contributed by atoms with van der Waals surface area (Å²) in [6, 6.07) is 0. The lowest BCUT2D eigenvalue weighted by atomic mass is 9.88. The summed E-state index contributed by atoms with van der Waals surface area (Å²) in [7, 11) is 0. The molecule has 1 aliphatic carbocycles. The highest BCUT2D eigenvalue weighted by Gasteiger charge is 2.24. The molecule has 4 heteroatoms. The van der Waals surface area contributed by atoms with Crippen LogP contribution in [0.4, 0.5) is 0 Å². The SMILES string of the molecule is O=C1CCC(C(=O)NCCC2CCOCC2)CC1. The highest BCUT2D eigenvalue weighted by atomic mass is 16.5. The van der Waals surface area contributed by atoms with Gasteiger partial charge in [-0.25, -0.2) is 0 Å². The first-order valence-corrected chi connectivity index (χ1v) is 7.13. The van der Waals surface area contributed by atoms with Crippen LogP contribution in [0.1, 0.15) is 44.9 Å². The molecule has 1 amide bonds. The zero-order valence-corrected chi connectivity index (χ0v) is 11.0. The van der Waals surface area contributed by atoms with Crippen molar-refractivity contribution in [3.8, 4) is 0 Å². The Labute approximate surface area is 108 Å². The first kappa shape index (κ1) is 13.5. The Morgan fingerprint density at radius 3 is 2.50 bits per heavy atom. The Balaban J connectivity index is 1.60. The first-order valence-electron chi connectivity index (χ1n) is 7.13. The molecule has 0 radical (unpaired) electrons. The Bertz CT molecular complexity index is 287. The minimum absolute atomic E-state index is 0.0670. The highest BCUT2D eigenvalue weighted by Crippen LogP contribution is 2.22. The molecule has 18 heavy (non-hydrogen) atoms. The van der Waals surface area contributed by atoms with Gasteiger partial charge in [0.1, 0.15) is 5.78 Å². The van der Waals surface area contributed by atoms with Crippen molar-refractivity contribution in [2.24, 2.45) is 11.8 Å². The second-order valence-corrected chi connectivity index (χ2v) is 5.45. The lowest BCUT2D eigenvalue weighted by Crippen LogP contribution is -2.34. The molecule has 1 heterocycles.